The first kappa shape index (κ1) is 29.7. The van der Waals surface area contributed by atoms with Gasteiger partial charge in [0.05, 0.1) is 22.7 Å². The molecule has 3 aromatic rings. The number of amides is 3. The Labute approximate surface area is 234 Å². The summed E-state index contributed by atoms with van der Waals surface area (Å²) in [6.07, 6.45) is -4.43. The Bertz CT molecular complexity index is 1430. The van der Waals surface area contributed by atoms with Crippen LogP contribution in [0, 0.1) is 5.92 Å². The highest BCUT2D eigenvalue weighted by molar-refractivity contribution is 6.23. The van der Waals surface area contributed by atoms with Crippen LogP contribution in [-0.4, -0.2) is 52.3 Å². The van der Waals surface area contributed by atoms with Gasteiger partial charge in [-0.15, -0.1) is 0 Å². The van der Waals surface area contributed by atoms with Crippen molar-refractivity contribution in [2.24, 2.45) is 5.92 Å². The molecule has 1 heterocycles. The van der Waals surface area contributed by atoms with Crippen LogP contribution < -0.4 is 10.6 Å². The quantitative estimate of drug-likeness (QED) is 0.291. The highest BCUT2D eigenvalue weighted by Crippen LogP contribution is 2.30. The largest absolute Gasteiger partial charge is 0.480 e. The van der Waals surface area contributed by atoms with Crippen molar-refractivity contribution >= 4 is 34.5 Å². The number of hydrogen-bond acceptors (Lipinski definition) is 5. The first-order valence-corrected chi connectivity index (χ1v) is 13.2. The van der Waals surface area contributed by atoms with Gasteiger partial charge in [0.25, 0.3) is 11.8 Å². The fourth-order valence-corrected chi connectivity index (χ4v) is 4.85. The zero-order valence-corrected chi connectivity index (χ0v) is 22.5. The van der Waals surface area contributed by atoms with E-state index in [4.69, 9.17) is 0 Å². The van der Waals surface area contributed by atoms with E-state index in [-0.39, 0.29) is 48.5 Å². The third kappa shape index (κ3) is 6.91. The normalized spacial score (nSPS) is 14.8. The third-order valence-corrected chi connectivity index (χ3v) is 6.92. The van der Waals surface area contributed by atoms with Crippen molar-refractivity contribution in [2.45, 2.75) is 51.5 Å². The number of carboxylic acid groups (broad SMARTS) is 1. The van der Waals surface area contributed by atoms with Crippen LogP contribution in [0.1, 0.15) is 58.5 Å². The molecular formula is C30H30F3N3O5. The van der Waals surface area contributed by atoms with E-state index >= 15 is 0 Å². The summed E-state index contributed by atoms with van der Waals surface area (Å²) in [4.78, 5) is 52.2. The van der Waals surface area contributed by atoms with Crippen molar-refractivity contribution in [2.75, 3.05) is 6.54 Å². The van der Waals surface area contributed by atoms with Crippen molar-refractivity contribution in [3.63, 3.8) is 0 Å². The summed E-state index contributed by atoms with van der Waals surface area (Å²) in [7, 11) is 0. The molecule has 41 heavy (non-hydrogen) atoms. The average Bonchev–Trinajstić information content (AvgIpc) is 3.15. The van der Waals surface area contributed by atoms with Gasteiger partial charge in [0.15, 0.2) is 0 Å². The molecule has 1 aliphatic heterocycles. The second-order valence-electron chi connectivity index (χ2n) is 10.5. The Kier molecular flexibility index (Phi) is 8.77. The maximum absolute atomic E-state index is 13.0. The molecule has 2 unspecified atom stereocenters. The number of nitrogens with zero attached hydrogens (tertiary/aromatic N) is 1. The smallest absolute Gasteiger partial charge is 0.416 e. The van der Waals surface area contributed by atoms with Gasteiger partial charge in [-0.3, -0.25) is 29.4 Å². The van der Waals surface area contributed by atoms with Crippen LogP contribution in [-0.2, 0) is 22.3 Å². The molecule has 3 amide bonds. The fourth-order valence-electron chi connectivity index (χ4n) is 4.85. The van der Waals surface area contributed by atoms with Crippen LogP contribution in [0.4, 0.5) is 13.2 Å². The molecule has 0 spiro atoms. The van der Waals surface area contributed by atoms with Crippen LogP contribution in [0.15, 0.2) is 60.7 Å². The monoisotopic (exact) mass is 569 g/mol. The Balaban J connectivity index is 1.43. The zero-order valence-electron chi connectivity index (χ0n) is 22.5. The fraction of sp³-hybridized carbons (Fsp3) is 0.333. The predicted molar refractivity (Wildman–Crippen MR) is 145 cm³/mol. The van der Waals surface area contributed by atoms with Crippen LogP contribution in [0.5, 0.6) is 0 Å². The summed E-state index contributed by atoms with van der Waals surface area (Å²) in [6, 6.07) is 12.9. The van der Waals surface area contributed by atoms with Gasteiger partial charge in [-0.05, 0) is 59.4 Å². The number of imide groups is 1. The number of nitrogens with one attached hydrogen (secondary N) is 2. The number of rotatable bonds is 11. The summed E-state index contributed by atoms with van der Waals surface area (Å²) in [5.74, 6) is -2.90. The van der Waals surface area contributed by atoms with Crippen LogP contribution in [0.3, 0.4) is 0 Å². The van der Waals surface area contributed by atoms with Gasteiger partial charge in [0.2, 0.25) is 5.91 Å². The van der Waals surface area contributed by atoms with E-state index in [1.807, 2.05) is 38.1 Å². The molecule has 216 valence electrons. The number of halogens is 3. The average molecular weight is 570 g/mol. The van der Waals surface area contributed by atoms with E-state index in [1.54, 1.807) is 12.1 Å². The lowest BCUT2D eigenvalue weighted by atomic mass is 10.0. The van der Waals surface area contributed by atoms with Gasteiger partial charge >= 0.3 is 12.1 Å². The second-order valence-corrected chi connectivity index (χ2v) is 10.5. The number of benzene rings is 3. The first-order valence-electron chi connectivity index (χ1n) is 13.2. The molecule has 3 aromatic carbocycles. The Morgan fingerprint density at radius 3 is 2.05 bits per heavy atom. The zero-order chi connectivity index (χ0) is 29.9. The van der Waals surface area contributed by atoms with E-state index in [0.29, 0.717) is 0 Å². The van der Waals surface area contributed by atoms with Gasteiger partial charge in [-0.1, -0.05) is 50.2 Å². The number of fused-ring (bicyclic) bond motifs is 2. The lowest BCUT2D eigenvalue weighted by Crippen LogP contribution is -2.52. The SMILES string of the molecule is CC(C)CC(NC(CCN1C(=O)c2cc3ccccc3cc2C1=O)C(=O)O)C(=O)NCc1cccc(C(F)(F)F)c1. The molecular weight excluding hydrogens is 539 g/mol. The van der Waals surface area contributed by atoms with Crippen molar-refractivity contribution in [1.29, 1.82) is 0 Å². The van der Waals surface area contributed by atoms with Crippen LogP contribution in [0.2, 0.25) is 0 Å². The van der Waals surface area contributed by atoms with Gasteiger partial charge in [-0.2, -0.15) is 13.2 Å². The minimum absolute atomic E-state index is 0.0216. The topological polar surface area (TPSA) is 116 Å². The lowest BCUT2D eigenvalue weighted by Gasteiger charge is -2.25. The van der Waals surface area contributed by atoms with E-state index in [2.05, 4.69) is 10.6 Å². The molecule has 0 aliphatic carbocycles. The number of carbonyl (C=O) groups excluding carboxylic acids is 3. The minimum atomic E-state index is -4.52. The van der Waals surface area contributed by atoms with Gasteiger partial charge in [0, 0.05) is 13.1 Å². The van der Waals surface area contributed by atoms with E-state index < -0.39 is 47.5 Å². The van der Waals surface area contributed by atoms with Crippen LogP contribution in [0.25, 0.3) is 10.8 Å². The molecule has 3 N–H and O–H groups in total. The van der Waals surface area contributed by atoms with Gasteiger partial charge in [0.1, 0.15) is 6.04 Å². The summed E-state index contributed by atoms with van der Waals surface area (Å²) in [6.45, 7) is 3.31. The van der Waals surface area contributed by atoms with Crippen molar-refractivity contribution < 1.29 is 37.5 Å². The van der Waals surface area contributed by atoms with E-state index in [0.717, 1.165) is 27.8 Å². The van der Waals surface area contributed by atoms with Crippen molar-refractivity contribution in [3.05, 3.63) is 82.9 Å². The van der Waals surface area contributed by atoms with Gasteiger partial charge < -0.3 is 10.4 Å². The van der Waals surface area contributed by atoms with Crippen molar-refractivity contribution in [1.82, 2.24) is 15.5 Å². The molecule has 0 bridgehead atoms. The Morgan fingerprint density at radius 2 is 1.51 bits per heavy atom. The molecule has 4 rings (SSSR count). The molecule has 0 saturated heterocycles. The Hall–Kier alpha value is -4.25. The van der Waals surface area contributed by atoms with Crippen LogP contribution >= 0.6 is 0 Å². The standard InChI is InChI=1S/C30H30F3N3O5/c1-17(2)12-25(26(37)34-16-18-6-5-9-21(13-18)30(31,32)33)35-24(29(40)41)10-11-36-27(38)22-14-19-7-3-4-8-20(19)15-23(22)28(36)39/h3-9,13-15,17,24-25,35H,10-12,16H2,1-2H3,(H,34,37)(H,40,41). The van der Waals surface area contributed by atoms with Crippen molar-refractivity contribution in [3.8, 4) is 0 Å². The number of alkyl halides is 3. The number of carbonyl (C=O) groups is 4. The number of hydrogen-bond donors (Lipinski definition) is 3. The molecule has 0 aromatic heterocycles. The third-order valence-electron chi connectivity index (χ3n) is 6.92. The lowest BCUT2D eigenvalue weighted by molar-refractivity contribution is -0.140. The highest BCUT2D eigenvalue weighted by Gasteiger charge is 2.37. The predicted octanol–water partition coefficient (Wildman–Crippen LogP) is 4.62. The summed E-state index contributed by atoms with van der Waals surface area (Å²) >= 11 is 0. The summed E-state index contributed by atoms with van der Waals surface area (Å²) < 4.78 is 39.1. The molecule has 0 radical (unpaired) electrons. The number of aliphatic carboxylic acids is 1. The number of carboxylic acids is 1. The molecule has 1 aliphatic rings. The van der Waals surface area contributed by atoms with E-state index in [9.17, 15) is 37.5 Å². The Morgan fingerprint density at radius 1 is 0.902 bits per heavy atom. The maximum atomic E-state index is 13.0. The molecule has 2 atom stereocenters. The maximum Gasteiger partial charge on any atom is 0.416 e. The first-order chi connectivity index (χ1) is 19.3. The highest BCUT2D eigenvalue weighted by atomic mass is 19.4. The molecule has 0 fully saturated rings. The van der Waals surface area contributed by atoms with E-state index in [1.165, 1.54) is 12.1 Å². The summed E-state index contributed by atoms with van der Waals surface area (Å²) in [5, 5.41) is 16.9. The minimum Gasteiger partial charge on any atom is -0.480 e. The molecule has 11 heteroatoms. The second kappa shape index (κ2) is 12.1. The molecule has 8 nitrogen and oxygen atoms in total. The molecule has 0 saturated carbocycles. The summed E-state index contributed by atoms with van der Waals surface area (Å²) in [5.41, 5.74) is -0.0989. The van der Waals surface area contributed by atoms with Gasteiger partial charge in [-0.25, -0.2) is 0 Å².